The number of carbonyl (C=O) groups is 3. The maximum atomic E-state index is 12.7. The lowest BCUT2D eigenvalue weighted by Gasteiger charge is -2.28. The fourth-order valence-electron chi connectivity index (χ4n) is 3.49. The molecule has 3 aromatic rings. The van der Waals surface area contributed by atoms with Gasteiger partial charge in [0.2, 0.25) is 0 Å². The smallest absolute Gasteiger partial charge is 0.317 e. The van der Waals surface area contributed by atoms with Crippen molar-refractivity contribution >= 4 is 40.3 Å². The summed E-state index contributed by atoms with van der Waals surface area (Å²) < 4.78 is 10.2. The monoisotopic (exact) mass is 497 g/mol. The minimum absolute atomic E-state index is 0.00300. The van der Waals surface area contributed by atoms with Crippen molar-refractivity contribution in [1.29, 1.82) is 0 Å². The number of aromatic nitrogens is 1. The minimum Gasteiger partial charge on any atom is -0.469 e. The van der Waals surface area contributed by atoms with Gasteiger partial charge in [-0.25, -0.2) is 4.79 Å². The van der Waals surface area contributed by atoms with Crippen LogP contribution in [-0.2, 0) is 32.0 Å². The van der Waals surface area contributed by atoms with Crippen LogP contribution in [0.1, 0.15) is 24.1 Å². The molecule has 0 saturated carbocycles. The fraction of sp³-hybridized carbons (Fsp3) is 0.308. The van der Waals surface area contributed by atoms with Gasteiger partial charge in [-0.05, 0) is 29.5 Å². The molecule has 2 amide bonds. The fourth-order valence-corrected chi connectivity index (χ4v) is 3.69. The van der Waals surface area contributed by atoms with Crippen molar-refractivity contribution in [2.45, 2.75) is 31.8 Å². The summed E-state index contributed by atoms with van der Waals surface area (Å²) in [6, 6.07) is 15.9. The average molecular weight is 498 g/mol. The van der Waals surface area contributed by atoms with E-state index in [-0.39, 0.29) is 38.4 Å². The number of nitrogens with zero attached hydrogens (tertiary/aromatic N) is 2. The number of nitrogens with one attached hydrogen (secondary N) is 1. The molecule has 3 rings (SSSR count). The van der Waals surface area contributed by atoms with E-state index in [1.807, 2.05) is 48.5 Å². The lowest BCUT2D eigenvalue weighted by molar-refractivity contribution is -0.144. The predicted molar refractivity (Wildman–Crippen MR) is 133 cm³/mol. The van der Waals surface area contributed by atoms with E-state index in [1.54, 1.807) is 19.3 Å². The van der Waals surface area contributed by atoms with E-state index in [0.29, 0.717) is 10.7 Å². The molecule has 35 heavy (non-hydrogen) atoms. The summed E-state index contributed by atoms with van der Waals surface area (Å²) in [6.07, 6.45) is 2.06. The van der Waals surface area contributed by atoms with Crippen LogP contribution < -0.4 is 5.32 Å². The van der Waals surface area contributed by atoms with Crippen LogP contribution in [0, 0.1) is 0 Å². The largest absolute Gasteiger partial charge is 0.469 e. The van der Waals surface area contributed by atoms with Crippen LogP contribution in [0.2, 0.25) is 5.02 Å². The van der Waals surface area contributed by atoms with Crippen LogP contribution in [0.4, 0.5) is 4.79 Å². The molecule has 0 unspecified atom stereocenters. The molecule has 0 aliphatic heterocycles. The van der Waals surface area contributed by atoms with Gasteiger partial charge in [0.05, 0.1) is 25.3 Å². The zero-order chi connectivity index (χ0) is 25.2. The number of urea groups is 1. The van der Waals surface area contributed by atoms with Gasteiger partial charge >= 0.3 is 18.0 Å². The van der Waals surface area contributed by atoms with E-state index in [4.69, 9.17) is 21.1 Å². The Morgan fingerprint density at radius 3 is 2.51 bits per heavy atom. The highest BCUT2D eigenvalue weighted by atomic mass is 35.5. The number of ether oxygens (including phenoxy) is 2. The molecule has 2 aromatic carbocycles. The standard InChI is InChI=1S/C26H28ClN3O5/c1-30(26(33)29-16-20-9-5-6-10-23(20)27)22(11-12-24(31)34-2)17-35-25(32)14-21-13-18-7-3-4-8-19(18)15-28-21/h3-10,13,15,22H,11-12,14,16-17H2,1-2H3,(H,29,33)/t22-/m0/s1. The Morgan fingerprint density at radius 2 is 1.77 bits per heavy atom. The molecular formula is C26H28ClN3O5. The molecule has 0 fully saturated rings. The molecule has 1 N–H and O–H groups in total. The third-order valence-electron chi connectivity index (χ3n) is 5.62. The van der Waals surface area contributed by atoms with Crippen LogP contribution in [-0.4, -0.2) is 54.7 Å². The van der Waals surface area contributed by atoms with Gasteiger partial charge < -0.3 is 19.7 Å². The molecule has 184 valence electrons. The summed E-state index contributed by atoms with van der Waals surface area (Å²) in [6.45, 7) is 0.166. The first-order valence-electron chi connectivity index (χ1n) is 11.2. The number of fused-ring (bicyclic) bond motifs is 1. The highest BCUT2D eigenvalue weighted by molar-refractivity contribution is 6.31. The van der Waals surface area contributed by atoms with Crippen molar-refractivity contribution in [3.05, 3.63) is 77.1 Å². The van der Waals surface area contributed by atoms with Gasteiger partial charge in [-0.1, -0.05) is 54.1 Å². The average Bonchev–Trinajstić information content (AvgIpc) is 2.87. The third kappa shape index (κ3) is 7.68. The van der Waals surface area contributed by atoms with Crippen LogP contribution in [0.3, 0.4) is 0 Å². The Morgan fingerprint density at radius 1 is 1.06 bits per heavy atom. The Labute approximate surface area is 209 Å². The maximum absolute atomic E-state index is 12.7. The van der Waals surface area contributed by atoms with Gasteiger partial charge in [-0.2, -0.15) is 0 Å². The van der Waals surface area contributed by atoms with Crippen LogP contribution in [0.25, 0.3) is 10.8 Å². The number of amides is 2. The van der Waals surface area contributed by atoms with E-state index in [2.05, 4.69) is 10.3 Å². The first-order chi connectivity index (χ1) is 16.9. The Hall–Kier alpha value is -3.65. The minimum atomic E-state index is -0.533. The molecule has 0 bridgehead atoms. The number of benzene rings is 2. The maximum Gasteiger partial charge on any atom is 0.317 e. The lowest BCUT2D eigenvalue weighted by atomic mass is 10.1. The summed E-state index contributed by atoms with van der Waals surface area (Å²) in [5.41, 5.74) is 1.36. The van der Waals surface area contributed by atoms with Gasteiger partial charge in [-0.15, -0.1) is 0 Å². The predicted octanol–water partition coefficient (Wildman–Crippen LogP) is 4.14. The van der Waals surface area contributed by atoms with Crippen molar-refractivity contribution in [3.63, 3.8) is 0 Å². The number of methoxy groups -OCH3 is 1. The molecule has 0 radical (unpaired) electrons. The number of likely N-dealkylation sites (N-methyl/N-ethyl adjacent to an activating group) is 1. The molecule has 1 heterocycles. The quantitative estimate of drug-likeness (QED) is 0.423. The van der Waals surface area contributed by atoms with E-state index < -0.39 is 18.0 Å². The zero-order valence-corrected chi connectivity index (χ0v) is 20.5. The van der Waals surface area contributed by atoms with Crippen LogP contribution in [0.5, 0.6) is 0 Å². The SMILES string of the molecule is COC(=O)CC[C@@H](COC(=O)Cc1cc2ccccc2cn1)N(C)C(=O)NCc1ccccc1Cl. The highest BCUT2D eigenvalue weighted by Crippen LogP contribution is 2.16. The third-order valence-corrected chi connectivity index (χ3v) is 5.98. The molecule has 0 aliphatic rings. The van der Waals surface area contributed by atoms with Crippen molar-refractivity contribution in [3.8, 4) is 0 Å². The van der Waals surface area contributed by atoms with Gasteiger partial charge in [-0.3, -0.25) is 14.6 Å². The Bertz CT molecular complexity index is 1190. The summed E-state index contributed by atoms with van der Waals surface area (Å²) >= 11 is 6.15. The van der Waals surface area contributed by atoms with E-state index in [0.717, 1.165) is 16.3 Å². The van der Waals surface area contributed by atoms with Crippen molar-refractivity contribution in [2.24, 2.45) is 0 Å². The Balaban J connectivity index is 1.59. The second-order valence-electron chi connectivity index (χ2n) is 8.01. The second kappa shape index (κ2) is 12.7. The summed E-state index contributed by atoms with van der Waals surface area (Å²) in [4.78, 5) is 42.7. The van der Waals surface area contributed by atoms with E-state index in [1.165, 1.54) is 12.0 Å². The van der Waals surface area contributed by atoms with Crippen molar-refractivity contribution < 1.29 is 23.9 Å². The molecule has 1 atom stereocenters. The van der Waals surface area contributed by atoms with Gasteiger partial charge in [0.25, 0.3) is 0 Å². The number of halogens is 1. The highest BCUT2D eigenvalue weighted by Gasteiger charge is 2.23. The number of carbonyl (C=O) groups excluding carboxylic acids is 3. The molecular weight excluding hydrogens is 470 g/mol. The van der Waals surface area contributed by atoms with Gasteiger partial charge in [0.1, 0.15) is 6.61 Å². The van der Waals surface area contributed by atoms with Crippen LogP contribution in [0.15, 0.2) is 60.8 Å². The van der Waals surface area contributed by atoms with Crippen molar-refractivity contribution in [2.75, 3.05) is 20.8 Å². The molecule has 1 aromatic heterocycles. The topological polar surface area (TPSA) is 97.8 Å². The molecule has 0 saturated heterocycles. The number of rotatable bonds is 10. The van der Waals surface area contributed by atoms with Gasteiger partial charge in [0, 0.05) is 36.6 Å². The number of hydrogen-bond acceptors (Lipinski definition) is 6. The number of esters is 2. The Kier molecular flexibility index (Phi) is 9.43. The number of hydrogen-bond donors (Lipinski definition) is 1. The molecule has 0 spiro atoms. The van der Waals surface area contributed by atoms with E-state index >= 15 is 0 Å². The summed E-state index contributed by atoms with van der Waals surface area (Å²) in [7, 11) is 2.89. The first kappa shape index (κ1) is 26.0. The normalized spacial score (nSPS) is 11.5. The van der Waals surface area contributed by atoms with E-state index in [9.17, 15) is 14.4 Å². The second-order valence-corrected chi connectivity index (χ2v) is 8.42. The first-order valence-corrected chi connectivity index (χ1v) is 11.6. The summed E-state index contributed by atoms with van der Waals surface area (Å²) in [5, 5.41) is 5.32. The zero-order valence-electron chi connectivity index (χ0n) is 19.7. The molecule has 0 aliphatic carbocycles. The number of pyridine rings is 1. The van der Waals surface area contributed by atoms with Crippen LogP contribution >= 0.6 is 11.6 Å². The van der Waals surface area contributed by atoms with Crippen molar-refractivity contribution in [1.82, 2.24) is 15.2 Å². The van der Waals surface area contributed by atoms with Gasteiger partial charge in [0.15, 0.2) is 0 Å². The molecule has 8 nitrogen and oxygen atoms in total. The lowest BCUT2D eigenvalue weighted by Crippen LogP contribution is -2.46. The molecule has 9 heteroatoms. The summed E-state index contributed by atoms with van der Waals surface area (Å²) in [5.74, 6) is -0.882.